The molecule has 0 rings (SSSR count). The molecule has 0 aromatic rings. The molecule has 0 fully saturated rings. The van der Waals surface area contributed by atoms with Gasteiger partial charge in [0, 0.05) is 18.3 Å². The summed E-state index contributed by atoms with van der Waals surface area (Å²) in [5, 5.41) is 16.8. The number of hydrogen-bond donors (Lipinski definition) is 2. The van der Waals surface area contributed by atoms with Crippen LogP contribution in [0.15, 0.2) is 0 Å². The van der Waals surface area contributed by atoms with Crippen molar-refractivity contribution in [2.45, 2.75) is 38.4 Å². The predicted octanol–water partition coefficient (Wildman–Crippen LogP) is 1.50. The van der Waals surface area contributed by atoms with Crippen LogP contribution in [0.3, 0.4) is 0 Å². The van der Waals surface area contributed by atoms with Crippen LogP contribution >= 0.6 is 0 Å². The van der Waals surface area contributed by atoms with Gasteiger partial charge in [-0.3, -0.25) is 9.59 Å². The Bertz CT molecular complexity index is 277. The van der Waals surface area contributed by atoms with E-state index >= 15 is 0 Å². The van der Waals surface area contributed by atoms with Gasteiger partial charge in [-0.2, -0.15) is 0 Å². The van der Waals surface area contributed by atoms with Crippen molar-refractivity contribution in [1.29, 1.82) is 0 Å². The normalized spacial score (nSPS) is 17.0. The summed E-state index contributed by atoms with van der Waals surface area (Å²) < 4.78 is 28.8. The number of unbranched alkanes of at least 4 members (excludes halogenated alkanes) is 1. The predicted molar refractivity (Wildman–Crippen MR) is 43.0 cm³/mol. The summed E-state index contributed by atoms with van der Waals surface area (Å²) in [7, 11) is 0. The molecule has 2 N–H and O–H groups in total. The molecule has 0 aliphatic carbocycles. The summed E-state index contributed by atoms with van der Waals surface area (Å²) in [6, 6.07) is 0. The minimum atomic E-state index is -2.96. The van der Waals surface area contributed by atoms with E-state index in [9.17, 15) is 9.59 Å². The van der Waals surface area contributed by atoms with Crippen molar-refractivity contribution in [2.75, 3.05) is 0 Å². The lowest BCUT2D eigenvalue weighted by Gasteiger charge is -1.96. The van der Waals surface area contributed by atoms with Gasteiger partial charge in [0.05, 0.1) is 0 Å². The molecule has 0 amide bonds. The lowest BCUT2D eigenvalue weighted by molar-refractivity contribution is -0.138. The zero-order chi connectivity index (χ0) is 13.0. The highest BCUT2D eigenvalue weighted by Gasteiger charge is 1.98. The van der Waals surface area contributed by atoms with Gasteiger partial charge in [0.25, 0.3) is 0 Å². The van der Waals surface area contributed by atoms with Crippen molar-refractivity contribution >= 4 is 11.9 Å². The molecule has 0 aliphatic heterocycles. The summed E-state index contributed by atoms with van der Waals surface area (Å²) in [5.74, 6) is -2.86. The van der Waals surface area contributed by atoms with Crippen molar-refractivity contribution in [3.63, 3.8) is 0 Å². The second kappa shape index (κ2) is 6.64. The van der Waals surface area contributed by atoms with Gasteiger partial charge in [-0.05, 0) is 12.8 Å². The smallest absolute Gasteiger partial charge is 0.303 e. The molecule has 4 nitrogen and oxygen atoms in total. The van der Waals surface area contributed by atoms with E-state index in [-0.39, 0.29) is 25.7 Å². The Morgan fingerprint density at radius 3 is 2.25 bits per heavy atom. The topological polar surface area (TPSA) is 74.6 Å². The number of hydrogen-bond acceptors (Lipinski definition) is 2. The first kappa shape index (κ1) is 5.56. The Hall–Kier alpha value is -1.06. The van der Waals surface area contributed by atoms with E-state index in [0.29, 0.717) is 0 Å². The lowest BCUT2D eigenvalue weighted by Crippen LogP contribution is -1.95. The number of carbonyl (C=O) groups is 2. The maximum Gasteiger partial charge on any atom is 0.303 e. The van der Waals surface area contributed by atoms with Crippen molar-refractivity contribution in [3.8, 4) is 0 Å². The van der Waals surface area contributed by atoms with Gasteiger partial charge < -0.3 is 10.2 Å². The Balaban J connectivity index is 4.24. The third kappa shape index (κ3) is 8.94. The summed E-state index contributed by atoms with van der Waals surface area (Å²) in [5.41, 5.74) is 0. The summed E-state index contributed by atoms with van der Waals surface area (Å²) in [6.45, 7) is 0. The molecule has 4 heteroatoms. The molecule has 0 radical (unpaired) electrons. The van der Waals surface area contributed by atoms with Gasteiger partial charge >= 0.3 is 11.9 Å². The molecule has 0 unspecified atom stereocenters. The minimum absolute atomic E-state index is 0.131. The highest BCUT2D eigenvalue weighted by atomic mass is 16.4. The molecular formula is C8H14O4. The van der Waals surface area contributed by atoms with E-state index in [0.717, 1.165) is 0 Å². The van der Waals surface area contributed by atoms with Crippen LogP contribution in [0, 0.1) is 0 Å². The molecule has 0 atom stereocenters. The number of carboxylic acid groups (broad SMARTS) is 2. The third-order valence-electron chi connectivity index (χ3n) is 1.14. The first-order chi connectivity index (χ1) is 7.11. The van der Waals surface area contributed by atoms with E-state index in [1.807, 2.05) is 0 Å². The van der Waals surface area contributed by atoms with Crippen molar-refractivity contribution in [1.82, 2.24) is 0 Å². The maximum atomic E-state index is 10.5. The average Bonchev–Trinajstić information content (AvgIpc) is 2.11. The number of aliphatic carboxylic acids is 2. The standard InChI is InChI=1S/C8H14O4/c9-7(10)5-3-1-2-4-6-8(11)12/h1-6H2,(H,9,10)(H,11,12)/i3D2,5D2. The molecule has 0 bridgehead atoms. The maximum absolute atomic E-state index is 10.5. The molecule has 0 aromatic carbocycles. The molecular weight excluding hydrogens is 160 g/mol. The Kier molecular flexibility index (Phi) is 3.08. The molecule has 0 aliphatic rings. The van der Waals surface area contributed by atoms with E-state index in [4.69, 9.17) is 15.7 Å². The minimum Gasteiger partial charge on any atom is -0.481 e. The van der Waals surface area contributed by atoms with Gasteiger partial charge in [-0.25, -0.2) is 0 Å². The number of carboxylic acids is 2. The highest BCUT2D eigenvalue weighted by Crippen LogP contribution is 2.04. The quantitative estimate of drug-likeness (QED) is 0.579. The molecule has 70 valence electrons. The van der Waals surface area contributed by atoms with Crippen LogP contribution in [-0.4, -0.2) is 22.2 Å². The summed E-state index contributed by atoms with van der Waals surface area (Å²) >= 11 is 0. The van der Waals surface area contributed by atoms with E-state index in [1.54, 1.807) is 0 Å². The van der Waals surface area contributed by atoms with Gasteiger partial charge in [0.15, 0.2) is 0 Å². The molecule has 0 spiro atoms. The monoisotopic (exact) mass is 178 g/mol. The molecule has 0 aromatic heterocycles. The van der Waals surface area contributed by atoms with Crippen LogP contribution < -0.4 is 0 Å². The molecule has 0 saturated carbocycles. The van der Waals surface area contributed by atoms with Crippen LogP contribution in [-0.2, 0) is 9.59 Å². The molecule has 0 saturated heterocycles. The first-order valence-electron chi connectivity index (χ1n) is 5.56. The first-order valence-corrected chi connectivity index (χ1v) is 3.56. The Morgan fingerprint density at radius 2 is 1.75 bits per heavy atom. The zero-order valence-corrected chi connectivity index (χ0v) is 6.54. The highest BCUT2D eigenvalue weighted by molar-refractivity contribution is 5.66. The average molecular weight is 178 g/mol. The third-order valence-corrected chi connectivity index (χ3v) is 1.14. The Morgan fingerprint density at radius 1 is 1.08 bits per heavy atom. The van der Waals surface area contributed by atoms with E-state index in [2.05, 4.69) is 0 Å². The van der Waals surface area contributed by atoms with E-state index in [1.165, 1.54) is 0 Å². The molecule has 12 heavy (non-hydrogen) atoms. The second-order valence-corrected chi connectivity index (χ2v) is 2.21. The molecule has 0 heterocycles. The van der Waals surface area contributed by atoms with Gasteiger partial charge in [0.1, 0.15) is 0 Å². The Labute approximate surface area is 76.8 Å². The van der Waals surface area contributed by atoms with Crippen molar-refractivity contribution in [3.05, 3.63) is 0 Å². The van der Waals surface area contributed by atoms with Crippen LogP contribution in [0.2, 0.25) is 0 Å². The zero-order valence-electron chi connectivity index (χ0n) is 10.5. The lowest BCUT2D eigenvalue weighted by atomic mass is 10.1. The summed E-state index contributed by atoms with van der Waals surface area (Å²) in [6.07, 6.45) is -5.59. The fourth-order valence-electron chi connectivity index (χ4n) is 0.628. The summed E-state index contributed by atoms with van der Waals surface area (Å²) in [4.78, 5) is 20.7. The van der Waals surface area contributed by atoms with E-state index < -0.39 is 24.7 Å². The largest absolute Gasteiger partial charge is 0.481 e. The van der Waals surface area contributed by atoms with Gasteiger partial charge in [-0.15, -0.1) is 0 Å². The van der Waals surface area contributed by atoms with Crippen molar-refractivity contribution < 1.29 is 25.3 Å². The number of rotatable bonds is 7. The van der Waals surface area contributed by atoms with Crippen LogP contribution in [0.4, 0.5) is 0 Å². The van der Waals surface area contributed by atoms with Crippen LogP contribution in [0.1, 0.15) is 43.9 Å². The van der Waals surface area contributed by atoms with Crippen molar-refractivity contribution in [2.24, 2.45) is 0 Å². The SMILES string of the molecule is [2H]C([2H])(CCCCC(=O)O)C([2H])([2H])C(=O)O. The van der Waals surface area contributed by atoms with Crippen LogP contribution in [0.25, 0.3) is 0 Å². The van der Waals surface area contributed by atoms with Gasteiger partial charge in [0.2, 0.25) is 0 Å². The van der Waals surface area contributed by atoms with Crippen LogP contribution in [0.5, 0.6) is 0 Å². The van der Waals surface area contributed by atoms with Gasteiger partial charge in [-0.1, -0.05) is 12.8 Å². The fourth-order valence-corrected chi connectivity index (χ4v) is 0.628. The second-order valence-electron chi connectivity index (χ2n) is 2.21. The fraction of sp³-hybridized carbons (Fsp3) is 0.750.